The first kappa shape index (κ1) is 14.4. The quantitative estimate of drug-likeness (QED) is 0.734. The zero-order valence-electron chi connectivity index (χ0n) is 10.7. The molecule has 0 saturated heterocycles. The maximum absolute atomic E-state index is 8.92. The summed E-state index contributed by atoms with van der Waals surface area (Å²) in [6.45, 7) is 5.33. The summed E-state index contributed by atoms with van der Waals surface area (Å²) in [5.41, 5.74) is 1.18. The summed E-state index contributed by atoms with van der Waals surface area (Å²) in [7, 11) is 1.69. The average molecular weight is 255 g/mol. The highest BCUT2D eigenvalue weighted by atomic mass is 32.2. The molecule has 0 bridgehead atoms. The van der Waals surface area contributed by atoms with Crippen LogP contribution in [0, 0.1) is 0 Å². The molecule has 96 valence electrons. The third-order valence-corrected chi connectivity index (χ3v) is 3.59. The van der Waals surface area contributed by atoms with Gasteiger partial charge in [0.2, 0.25) is 0 Å². The fourth-order valence-electron chi connectivity index (χ4n) is 1.82. The first-order valence-electron chi connectivity index (χ1n) is 5.88. The van der Waals surface area contributed by atoms with Crippen molar-refractivity contribution in [3.05, 3.63) is 23.8 Å². The standard InChI is InChI=1S/C13H21NO2S/c1-4-14-10(2)13-11(16-3)6-5-7-12(13)17-9-8-15/h5-7,10,14-15H,4,8-9H2,1-3H3. The topological polar surface area (TPSA) is 41.5 Å². The first-order valence-corrected chi connectivity index (χ1v) is 6.87. The molecule has 0 aliphatic rings. The van der Waals surface area contributed by atoms with E-state index in [4.69, 9.17) is 9.84 Å². The van der Waals surface area contributed by atoms with E-state index in [-0.39, 0.29) is 12.6 Å². The van der Waals surface area contributed by atoms with E-state index in [0.717, 1.165) is 12.3 Å². The Morgan fingerprint density at radius 2 is 2.24 bits per heavy atom. The molecule has 1 atom stereocenters. The zero-order chi connectivity index (χ0) is 12.7. The normalized spacial score (nSPS) is 12.5. The first-order chi connectivity index (χ1) is 8.24. The third-order valence-electron chi connectivity index (χ3n) is 2.54. The molecule has 1 unspecified atom stereocenters. The summed E-state index contributed by atoms with van der Waals surface area (Å²) in [4.78, 5) is 1.17. The van der Waals surface area contributed by atoms with Gasteiger partial charge in [0, 0.05) is 22.3 Å². The van der Waals surface area contributed by atoms with Gasteiger partial charge in [-0.05, 0) is 25.6 Å². The summed E-state index contributed by atoms with van der Waals surface area (Å²) < 4.78 is 5.42. The van der Waals surface area contributed by atoms with E-state index in [9.17, 15) is 0 Å². The van der Waals surface area contributed by atoms with Gasteiger partial charge in [-0.1, -0.05) is 13.0 Å². The fraction of sp³-hybridized carbons (Fsp3) is 0.538. The molecule has 0 heterocycles. The lowest BCUT2D eigenvalue weighted by atomic mass is 10.1. The van der Waals surface area contributed by atoms with Crippen LogP contribution in [-0.2, 0) is 0 Å². The van der Waals surface area contributed by atoms with Gasteiger partial charge in [-0.25, -0.2) is 0 Å². The van der Waals surface area contributed by atoms with E-state index in [1.54, 1.807) is 18.9 Å². The highest BCUT2D eigenvalue weighted by Crippen LogP contribution is 2.34. The molecule has 0 radical (unpaired) electrons. The second kappa shape index (κ2) is 7.58. The molecule has 0 fully saturated rings. The van der Waals surface area contributed by atoms with E-state index < -0.39 is 0 Å². The molecule has 1 aromatic rings. The Kier molecular flexibility index (Phi) is 6.40. The summed E-state index contributed by atoms with van der Waals surface area (Å²) >= 11 is 1.66. The number of aliphatic hydroxyl groups is 1. The van der Waals surface area contributed by atoms with Crippen LogP contribution in [0.25, 0.3) is 0 Å². The SMILES string of the molecule is CCNC(C)c1c(OC)cccc1SCCO. The van der Waals surface area contributed by atoms with Crippen LogP contribution in [0.5, 0.6) is 5.75 Å². The third kappa shape index (κ3) is 3.91. The van der Waals surface area contributed by atoms with Gasteiger partial charge >= 0.3 is 0 Å². The molecule has 17 heavy (non-hydrogen) atoms. The highest BCUT2D eigenvalue weighted by molar-refractivity contribution is 7.99. The molecule has 0 amide bonds. The summed E-state index contributed by atoms with van der Waals surface area (Å²) in [6.07, 6.45) is 0. The van der Waals surface area contributed by atoms with Gasteiger partial charge in [0.1, 0.15) is 5.75 Å². The van der Waals surface area contributed by atoms with E-state index in [1.165, 1.54) is 10.5 Å². The van der Waals surface area contributed by atoms with Gasteiger partial charge in [0.15, 0.2) is 0 Å². The van der Waals surface area contributed by atoms with Crippen molar-refractivity contribution in [1.82, 2.24) is 5.32 Å². The Bertz CT molecular complexity index is 344. The van der Waals surface area contributed by atoms with Crippen LogP contribution in [0.1, 0.15) is 25.5 Å². The van der Waals surface area contributed by atoms with E-state index in [1.807, 2.05) is 12.1 Å². The van der Waals surface area contributed by atoms with Gasteiger partial charge in [-0.3, -0.25) is 0 Å². The maximum atomic E-state index is 8.92. The second-order valence-corrected chi connectivity index (χ2v) is 4.86. The van der Waals surface area contributed by atoms with Crippen LogP contribution in [0.4, 0.5) is 0 Å². The Balaban J connectivity index is 3.01. The van der Waals surface area contributed by atoms with Crippen molar-refractivity contribution in [1.29, 1.82) is 0 Å². The van der Waals surface area contributed by atoms with Crippen molar-refractivity contribution in [3.63, 3.8) is 0 Å². The summed E-state index contributed by atoms with van der Waals surface area (Å²) in [6, 6.07) is 6.29. The largest absolute Gasteiger partial charge is 0.496 e. The number of rotatable bonds is 7. The van der Waals surface area contributed by atoms with Gasteiger partial charge in [0.25, 0.3) is 0 Å². The van der Waals surface area contributed by atoms with Crippen LogP contribution >= 0.6 is 11.8 Å². The van der Waals surface area contributed by atoms with Crippen LogP contribution in [-0.4, -0.2) is 31.1 Å². The summed E-state index contributed by atoms with van der Waals surface area (Å²) in [5.74, 6) is 1.61. The predicted octanol–water partition coefficient (Wildman–Crippen LogP) is 2.45. The number of benzene rings is 1. The lowest BCUT2D eigenvalue weighted by molar-refractivity contribution is 0.322. The monoisotopic (exact) mass is 255 g/mol. The molecule has 3 nitrogen and oxygen atoms in total. The Labute approximate surface area is 108 Å². The minimum absolute atomic E-state index is 0.191. The number of methoxy groups -OCH3 is 1. The predicted molar refractivity (Wildman–Crippen MR) is 72.9 cm³/mol. The molecule has 4 heteroatoms. The number of thioether (sulfide) groups is 1. The van der Waals surface area contributed by atoms with Crippen molar-refractivity contribution < 1.29 is 9.84 Å². The van der Waals surface area contributed by atoms with Crippen molar-refractivity contribution in [3.8, 4) is 5.75 Å². The Morgan fingerprint density at radius 1 is 1.47 bits per heavy atom. The van der Waals surface area contributed by atoms with Crippen LogP contribution in [0.15, 0.2) is 23.1 Å². The molecular formula is C13H21NO2S. The summed E-state index contributed by atoms with van der Waals surface area (Å²) in [5, 5.41) is 12.3. The molecule has 2 N–H and O–H groups in total. The fourth-order valence-corrected chi connectivity index (χ4v) is 2.74. The molecule has 0 aromatic heterocycles. The zero-order valence-corrected chi connectivity index (χ0v) is 11.5. The van der Waals surface area contributed by atoms with Crippen molar-refractivity contribution in [2.45, 2.75) is 24.8 Å². The van der Waals surface area contributed by atoms with Crippen LogP contribution < -0.4 is 10.1 Å². The molecule has 1 aromatic carbocycles. The molecule has 0 spiro atoms. The minimum atomic E-state index is 0.191. The second-order valence-electron chi connectivity index (χ2n) is 3.72. The van der Waals surface area contributed by atoms with Gasteiger partial charge in [0.05, 0.1) is 13.7 Å². The van der Waals surface area contributed by atoms with Crippen LogP contribution in [0.3, 0.4) is 0 Å². The lowest BCUT2D eigenvalue weighted by Gasteiger charge is -2.19. The van der Waals surface area contributed by atoms with Crippen molar-refractivity contribution in [2.75, 3.05) is 26.0 Å². The smallest absolute Gasteiger partial charge is 0.124 e. The molecule has 1 rings (SSSR count). The maximum Gasteiger partial charge on any atom is 0.124 e. The lowest BCUT2D eigenvalue weighted by Crippen LogP contribution is -2.19. The average Bonchev–Trinajstić information content (AvgIpc) is 2.35. The van der Waals surface area contributed by atoms with Gasteiger partial charge < -0.3 is 15.2 Å². The van der Waals surface area contributed by atoms with E-state index >= 15 is 0 Å². The minimum Gasteiger partial charge on any atom is -0.496 e. The molecular weight excluding hydrogens is 234 g/mol. The van der Waals surface area contributed by atoms with E-state index in [0.29, 0.717) is 5.75 Å². The van der Waals surface area contributed by atoms with Gasteiger partial charge in [-0.2, -0.15) is 0 Å². The molecule has 0 saturated carbocycles. The Hall–Kier alpha value is -0.710. The molecule has 0 aliphatic heterocycles. The highest BCUT2D eigenvalue weighted by Gasteiger charge is 2.15. The van der Waals surface area contributed by atoms with Gasteiger partial charge in [-0.15, -0.1) is 11.8 Å². The number of nitrogens with one attached hydrogen (secondary N) is 1. The number of hydrogen-bond acceptors (Lipinski definition) is 4. The van der Waals surface area contributed by atoms with Crippen molar-refractivity contribution in [2.24, 2.45) is 0 Å². The Morgan fingerprint density at radius 3 is 2.82 bits per heavy atom. The van der Waals surface area contributed by atoms with E-state index in [2.05, 4.69) is 25.2 Å². The number of hydrogen-bond donors (Lipinski definition) is 2. The van der Waals surface area contributed by atoms with Crippen LogP contribution in [0.2, 0.25) is 0 Å². The van der Waals surface area contributed by atoms with Crippen molar-refractivity contribution >= 4 is 11.8 Å². The number of ether oxygens (including phenoxy) is 1. The molecule has 0 aliphatic carbocycles. The number of aliphatic hydroxyl groups excluding tert-OH is 1.